The van der Waals surface area contributed by atoms with E-state index in [2.05, 4.69) is 0 Å². The Morgan fingerprint density at radius 1 is 1.17 bits per heavy atom. The second-order valence-corrected chi connectivity index (χ2v) is 7.45. The quantitative estimate of drug-likeness (QED) is 0.795. The average Bonchev–Trinajstić information content (AvgIpc) is 2.77. The van der Waals surface area contributed by atoms with Crippen LogP contribution < -0.4 is 4.90 Å². The summed E-state index contributed by atoms with van der Waals surface area (Å²) < 4.78 is 5.49. The molecule has 2 heterocycles. The summed E-state index contributed by atoms with van der Waals surface area (Å²) in [6.07, 6.45) is 0.450. The number of benzene rings is 1. The van der Waals surface area contributed by atoms with Crippen molar-refractivity contribution in [2.24, 2.45) is 0 Å². The number of carbonyl (C=O) groups is 2. The molecule has 3 amide bonds. The number of carbonyl (C=O) groups excluding carboxylic acids is 2. The lowest BCUT2D eigenvalue weighted by atomic mass is 9.99. The zero-order valence-electron chi connectivity index (χ0n) is 14.7. The molecule has 0 aliphatic carbocycles. The van der Waals surface area contributed by atoms with Crippen LogP contribution in [0.2, 0.25) is 0 Å². The van der Waals surface area contributed by atoms with Crippen molar-refractivity contribution in [2.45, 2.75) is 44.9 Å². The van der Waals surface area contributed by atoms with Crippen molar-refractivity contribution in [3.05, 3.63) is 30.3 Å². The molecule has 0 N–H and O–H groups in total. The van der Waals surface area contributed by atoms with Gasteiger partial charge in [0.15, 0.2) is 0 Å². The minimum Gasteiger partial charge on any atom is -0.444 e. The van der Waals surface area contributed by atoms with Crippen LogP contribution in [0, 0.1) is 0 Å². The number of ether oxygens (including phenoxy) is 1. The summed E-state index contributed by atoms with van der Waals surface area (Å²) in [5.74, 6) is 0. The van der Waals surface area contributed by atoms with Crippen molar-refractivity contribution in [3.8, 4) is 0 Å². The van der Waals surface area contributed by atoms with E-state index in [-0.39, 0.29) is 24.2 Å². The van der Waals surface area contributed by atoms with Gasteiger partial charge in [0.25, 0.3) is 0 Å². The zero-order valence-corrected chi connectivity index (χ0v) is 14.7. The van der Waals surface area contributed by atoms with Gasteiger partial charge in [-0.3, -0.25) is 4.90 Å². The Kier molecular flexibility index (Phi) is 4.15. The lowest BCUT2D eigenvalue weighted by Crippen LogP contribution is -2.54. The Bertz CT molecular complexity index is 626. The fourth-order valence-electron chi connectivity index (χ4n) is 3.46. The highest BCUT2D eigenvalue weighted by atomic mass is 16.6. The van der Waals surface area contributed by atoms with Crippen molar-refractivity contribution in [3.63, 3.8) is 0 Å². The van der Waals surface area contributed by atoms with Gasteiger partial charge in [-0.2, -0.15) is 0 Å². The number of fused-ring (bicyclic) bond motifs is 1. The molecule has 6 nitrogen and oxygen atoms in total. The van der Waals surface area contributed by atoms with Crippen LogP contribution >= 0.6 is 0 Å². The van der Waals surface area contributed by atoms with Crippen molar-refractivity contribution in [1.29, 1.82) is 0 Å². The SMILES string of the molecule is CN1C(=O)N(c2ccccc2)[C@H]2CN(C(=O)OC(C)(C)C)CC[C@H]21. The molecule has 0 spiro atoms. The van der Waals surface area contributed by atoms with Gasteiger partial charge in [0.05, 0.1) is 12.1 Å². The fraction of sp³-hybridized carbons (Fsp3) is 0.556. The predicted octanol–water partition coefficient (Wildman–Crippen LogP) is 2.94. The van der Waals surface area contributed by atoms with Crippen LogP contribution in [0.25, 0.3) is 0 Å². The van der Waals surface area contributed by atoms with Gasteiger partial charge in [-0.05, 0) is 39.3 Å². The number of hydrogen-bond donors (Lipinski definition) is 0. The highest BCUT2D eigenvalue weighted by molar-refractivity contribution is 5.95. The van der Waals surface area contributed by atoms with Gasteiger partial charge < -0.3 is 14.5 Å². The minimum absolute atomic E-state index is 0.0118. The summed E-state index contributed by atoms with van der Waals surface area (Å²) in [5.41, 5.74) is 0.350. The number of amides is 3. The molecule has 0 radical (unpaired) electrons. The number of hydrogen-bond acceptors (Lipinski definition) is 3. The van der Waals surface area contributed by atoms with Gasteiger partial charge in [0, 0.05) is 25.8 Å². The number of piperidine rings is 1. The Labute approximate surface area is 143 Å². The second kappa shape index (κ2) is 6.00. The molecule has 24 heavy (non-hydrogen) atoms. The van der Waals surface area contributed by atoms with E-state index in [1.165, 1.54) is 0 Å². The molecule has 0 bridgehead atoms. The normalized spacial score (nSPS) is 24.2. The number of urea groups is 1. The highest BCUT2D eigenvalue weighted by Crippen LogP contribution is 2.33. The number of para-hydroxylation sites is 1. The Balaban J connectivity index is 1.81. The molecule has 2 saturated heterocycles. The number of likely N-dealkylation sites (tertiary alicyclic amines) is 1. The van der Waals surface area contributed by atoms with Gasteiger partial charge in [-0.1, -0.05) is 18.2 Å². The van der Waals surface area contributed by atoms with Crippen LogP contribution in [-0.2, 0) is 4.74 Å². The number of likely N-dealkylation sites (N-methyl/N-ethyl adjacent to an activating group) is 1. The highest BCUT2D eigenvalue weighted by Gasteiger charge is 2.48. The Morgan fingerprint density at radius 2 is 1.83 bits per heavy atom. The van der Waals surface area contributed by atoms with E-state index < -0.39 is 5.60 Å². The van der Waals surface area contributed by atoms with Crippen LogP contribution in [0.15, 0.2) is 30.3 Å². The molecular formula is C18H25N3O3. The van der Waals surface area contributed by atoms with E-state index in [0.29, 0.717) is 13.1 Å². The number of anilines is 1. The molecule has 130 valence electrons. The standard InChI is InChI=1S/C18H25N3O3/c1-18(2,3)24-17(23)20-11-10-14-15(12-20)21(16(22)19(14)4)13-8-6-5-7-9-13/h5-9,14-15H,10-12H2,1-4H3/t14-,15+/m1/s1. The van der Waals surface area contributed by atoms with E-state index in [1.54, 1.807) is 14.7 Å². The Hall–Kier alpha value is -2.24. The molecule has 2 fully saturated rings. The summed E-state index contributed by atoms with van der Waals surface area (Å²) in [6, 6.07) is 9.69. The topological polar surface area (TPSA) is 53.1 Å². The third kappa shape index (κ3) is 3.05. The molecule has 6 heteroatoms. The number of nitrogens with zero attached hydrogens (tertiary/aromatic N) is 3. The maximum Gasteiger partial charge on any atom is 0.410 e. The molecule has 0 unspecified atom stereocenters. The van der Waals surface area contributed by atoms with Crippen LogP contribution in [0.5, 0.6) is 0 Å². The van der Waals surface area contributed by atoms with Gasteiger partial charge in [0.2, 0.25) is 0 Å². The van der Waals surface area contributed by atoms with Gasteiger partial charge in [-0.25, -0.2) is 9.59 Å². The first kappa shape index (κ1) is 16.6. The van der Waals surface area contributed by atoms with E-state index in [9.17, 15) is 9.59 Å². The van der Waals surface area contributed by atoms with Crippen molar-refractivity contribution >= 4 is 17.8 Å². The van der Waals surface area contributed by atoms with Crippen LogP contribution in [-0.4, -0.2) is 59.7 Å². The van der Waals surface area contributed by atoms with Crippen molar-refractivity contribution in [1.82, 2.24) is 9.80 Å². The molecule has 1 aromatic rings. The predicted molar refractivity (Wildman–Crippen MR) is 92.1 cm³/mol. The first-order valence-corrected chi connectivity index (χ1v) is 8.37. The smallest absolute Gasteiger partial charge is 0.410 e. The molecule has 2 aliphatic heterocycles. The van der Waals surface area contributed by atoms with E-state index in [0.717, 1.165) is 12.1 Å². The first-order valence-electron chi connectivity index (χ1n) is 8.37. The third-order valence-corrected chi connectivity index (χ3v) is 4.57. The summed E-state index contributed by atoms with van der Waals surface area (Å²) in [4.78, 5) is 30.4. The van der Waals surface area contributed by atoms with Gasteiger partial charge in [0.1, 0.15) is 5.60 Å². The molecule has 3 rings (SSSR count). The second-order valence-electron chi connectivity index (χ2n) is 7.45. The summed E-state index contributed by atoms with van der Waals surface area (Å²) in [5, 5.41) is 0. The third-order valence-electron chi connectivity index (χ3n) is 4.57. The van der Waals surface area contributed by atoms with Crippen molar-refractivity contribution in [2.75, 3.05) is 25.0 Å². The molecule has 2 atom stereocenters. The van der Waals surface area contributed by atoms with E-state index >= 15 is 0 Å². The van der Waals surface area contributed by atoms with Crippen molar-refractivity contribution < 1.29 is 14.3 Å². The fourth-order valence-corrected chi connectivity index (χ4v) is 3.46. The summed E-state index contributed by atoms with van der Waals surface area (Å²) >= 11 is 0. The number of rotatable bonds is 1. The molecule has 0 saturated carbocycles. The maximum atomic E-state index is 12.7. The molecular weight excluding hydrogens is 306 g/mol. The van der Waals surface area contributed by atoms with Gasteiger partial charge in [-0.15, -0.1) is 0 Å². The minimum atomic E-state index is -0.519. The van der Waals surface area contributed by atoms with Crippen LogP contribution in [0.1, 0.15) is 27.2 Å². The lowest BCUT2D eigenvalue weighted by molar-refractivity contribution is 0.0172. The van der Waals surface area contributed by atoms with Crippen LogP contribution in [0.3, 0.4) is 0 Å². The monoisotopic (exact) mass is 331 g/mol. The van der Waals surface area contributed by atoms with E-state index in [1.807, 2.05) is 58.2 Å². The Morgan fingerprint density at radius 3 is 2.46 bits per heavy atom. The average molecular weight is 331 g/mol. The van der Waals surface area contributed by atoms with Gasteiger partial charge >= 0.3 is 12.1 Å². The first-order chi connectivity index (χ1) is 11.3. The summed E-state index contributed by atoms with van der Waals surface area (Å²) in [7, 11) is 1.84. The van der Waals surface area contributed by atoms with Crippen LogP contribution in [0.4, 0.5) is 15.3 Å². The lowest BCUT2D eigenvalue weighted by Gasteiger charge is -2.38. The zero-order chi connectivity index (χ0) is 17.5. The largest absolute Gasteiger partial charge is 0.444 e. The molecule has 2 aliphatic rings. The van der Waals surface area contributed by atoms with E-state index in [4.69, 9.17) is 4.74 Å². The molecule has 0 aromatic heterocycles. The maximum absolute atomic E-state index is 12.7. The summed E-state index contributed by atoms with van der Waals surface area (Å²) in [6.45, 7) is 6.68. The molecule has 1 aromatic carbocycles.